The molecule has 0 aromatic carbocycles. The highest BCUT2D eigenvalue weighted by Gasteiger charge is 2.21. The zero-order chi connectivity index (χ0) is 14.8. The monoisotopic (exact) mass is 306 g/mol. The molecule has 1 unspecified atom stereocenters. The highest BCUT2D eigenvalue weighted by Crippen LogP contribution is 2.32. The molecule has 3 rings (SSSR count). The molecule has 2 aromatic heterocycles. The van der Waals surface area contributed by atoms with Crippen LogP contribution in [0, 0.1) is 0 Å². The van der Waals surface area contributed by atoms with Gasteiger partial charge < -0.3 is 15.8 Å². The third-order valence-corrected chi connectivity index (χ3v) is 3.96. The van der Waals surface area contributed by atoms with Crippen molar-refractivity contribution < 1.29 is 4.74 Å². The maximum atomic E-state index is 6.26. The number of hydrogen-bond acceptors (Lipinski definition) is 5. The maximum absolute atomic E-state index is 6.26. The van der Waals surface area contributed by atoms with Crippen molar-refractivity contribution in [3.05, 3.63) is 29.2 Å². The molecule has 0 saturated carbocycles. The van der Waals surface area contributed by atoms with Gasteiger partial charge in [-0.2, -0.15) is 0 Å². The number of nitrogens with zero attached hydrogens (tertiary/aromatic N) is 2. The van der Waals surface area contributed by atoms with Crippen LogP contribution in [0.4, 0.5) is 0 Å². The molecule has 3 heterocycles. The van der Waals surface area contributed by atoms with Crippen molar-refractivity contribution in [3.8, 4) is 5.88 Å². The second-order valence-electron chi connectivity index (χ2n) is 5.36. The van der Waals surface area contributed by atoms with Gasteiger partial charge in [-0.3, -0.25) is 0 Å². The van der Waals surface area contributed by atoms with Crippen LogP contribution in [0.25, 0.3) is 10.8 Å². The summed E-state index contributed by atoms with van der Waals surface area (Å²) in [6.45, 7) is 3.81. The smallest absolute Gasteiger partial charge is 0.223 e. The van der Waals surface area contributed by atoms with Crippen LogP contribution in [0.3, 0.4) is 0 Å². The van der Waals surface area contributed by atoms with Gasteiger partial charge in [0.15, 0.2) is 0 Å². The first-order chi connectivity index (χ1) is 10.2. The van der Waals surface area contributed by atoms with Crippen LogP contribution >= 0.6 is 11.6 Å². The normalized spacial score (nSPS) is 16.7. The van der Waals surface area contributed by atoms with E-state index in [0.717, 1.165) is 42.3 Å². The predicted molar refractivity (Wildman–Crippen MR) is 83.7 cm³/mol. The van der Waals surface area contributed by atoms with Crippen LogP contribution in [0.1, 0.15) is 31.4 Å². The number of hydrogen-bond donors (Lipinski definition) is 2. The Labute approximate surface area is 128 Å². The second kappa shape index (κ2) is 6.13. The van der Waals surface area contributed by atoms with Gasteiger partial charge in [0.2, 0.25) is 5.88 Å². The SMILES string of the molecule is CCCC(N)c1cnc(OC2CNC2)c2cnc(Cl)cc12. The van der Waals surface area contributed by atoms with Crippen molar-refractivity contribution in [2.75, 3.05) is 13.1 Å². The van der Waals surface area contributed by atoms with Crippen molar-refractivity contribution in [2.45, 2.75) is 31.9 Å². The second-order valence-corrected chi connectivity index (χ2v) is 5.75. The molecular formula is C15H19ClN4O. The van der Waals surface area contributed by atoms with E-state index in [2.05, 4.69) is 22.2 Å². The molecule has 3 N–H and O–H groups in total. The highest BCUT2D eigenvalue weighted by molar-refractivity contribution is 6.30. The number of nitrogens with two attached hydrogens (primary N) is 1. The fourth-order valence-corrected chi connectivity index (χ4v) is 2.62. The summed E-state index contributed by atoms with van der Waals surface area (Å²) in [5.74, 6) is 0.605. The van der Waals surface area contributed by atoms with Gasteiger partial charge in [0.05, 0.1) is 5.39 Å². The molecule has 112 valence electrons. The van der Waals surface area contributed by atoms with E-state index in [1.807, 2.05) is 6.07 Å². The number of aromatic nitrogens is 2. The van der Waals surface area contributed by atoms with E-state index in [1.54, 1.807) is 12.4 Å². The summed E-state index contributed by atoms with van der Waals surface area (Å²) in [6, 6.07) is 1.79. The Balaban J connectivity index is 2.04. The van der Waals surface area contributed by atoms with Gasteiger partial charge in [0, 0.05) is 31.5 Å². The first kappa shape index (κ1) is 14.5. The van der Waals surface area contributed by atoms with Crippen LogP contribution in [-0.2, 0) is 0 Å². The third-order valence-electron chi connectivity index (χ3n) is 3.75. The minimum Gasteiger partial charge on any atom is -0.471 e. The van der Waals surface area contributed by atoms with E-state index in [0.29, 0.717) is 11.0 Å². The summed E-state index contributed by atoms with van der Waals surface area (Å²) in [5.41, 5.74) is 7.25. The molecule has 0 spiro atoms. The summed E-state index contributed by atoms with van der Waals surface area (Å²) >= 11 is 6.05. The molecule has 21 heavy (non-hydrogen) atoms. The van der Waals surface area contributed by atoms with E-state index in [-0.39, 0.29) is 12.1 Å². The Morgan fingerprint density at radius 3 is 2.86 bits per heavy atom. The van der Waals surface area contributed by atoms with Crippen LogP contribution in [-0.4, -0.2) is 29.2 Å². The molecule has 1 saturated heterocycles. The fraction of sp³-hybridized carbons (Fsp3) is 0.467. The molecule has 2 aromatic rings. The lowest BCUT2D eigenvalue weighted by molar-refractivity contribution is 0.138. The van der Waals surface area contributed by atoms with Gasteiger partial charge in [-0.1, -0.05) is 24.9 Å². The Morgan fingerprint density at radius 2 is 2.19 bits per heavy atom. The Bertz CT molecular complexity index is 645. The molecule has 0 radical (unpaired) electrons. The fourth-order valence-electron chi connectivity index (χ4n) is 2.47. The van der Waals surface area contributed by atoms with E-state index < -0.39 is 0 Å². The first-order valence-corrected chi connectivity index (χ1v) is 7.64. The van der Waals surface area contributed by atoms with Gasteiger partial charge in [-0.05, 0) is 23.4 Å². The molecule has 1 aliphatic heterocycles. The molecule has 0 amide bonds. The maximum Gasteiger partial charge on any atom is 0.223 e. The molecule has 6 heteroatoms. The Hall–Kier alpha value is -1.43. The predicted octanol–water partition coefficient (Wildman–Crippen LogP) is 2.43. The minimum atomic E-state index is -0.0529. The van der Waals surface area contributed by atoms with Gasteiger partial charge in [-0.15, -0.1) is 0 Å². The molecule has 1 atom stereocenters. The molecular weight excluding hydrogens is 288 g/mol. The number of fused-ring (bicyclic) bond motifs is 1. The first-order valence-electron chi connectivity index (χ1n) is 7.26. The zero-order valence-corrected chi connectivity index (χ0v) is 12.7. The van der Waals surface area contributed by atoms with Crippen molar-refractivity contribution in [3.63, 3.8) is 0 Å². The van der Waals surface area contributed by atoms with Crippen LogP contribution < -0.4 is 15.8 Å². The lowest BCUT2D eigenvalue weighted by Crippen LogP contribution is -2.50. The number of pyridine rings is 2. The summed E-state index contributed by atoms with van der Waals surface area (Å²) in [4.78, 5) is 8.60. The minimum absolute atomic E-state index is 0.0529. The number of rotatable bonds is 5. The number of ether oxygens (including phenoxy) is 1. The molecule has 1 aliphatic rings. The average Bonchev–Trinajstić information content (AvgIpc) is 2.42. The Morgan fingerprint density at radius 1 is 1.38 bits per heavy atom. The topological polar surface area (TPSA) is 73.1 Å². The van der Waals surface area contributed by atoms with Crippen LogP contribution in [0.2, 0.25) is 5.15 Å². The molecule has 0 bridgehead atoms. The van der Waals surface area contributed by atoms with Gasteiger partial charge >= 0.3 is 0 Å². The van der Waals surface area contributed by atoms with Crippen molar-refractivity contribution in [1.29, 1.82) is 0 Å². The number of nitrogens with one attached hydrogen (secondary N) is 1. The highest BCUT2D eigenvalue weighted by atomic mass is 35.5. The van der Waals surface area contributed by atoms with Crippen molar-refractivity contribution in [2.24, 2.45) is 5.73 Å². The standard InChI is InChI=1S/C15H19ClN4O/c1-2-3-13(17)11-7-20-15(21-9-5-18-6-9)12-8-19-14(16)4-10(11)12/h4,7-9,13,18H,2-3,5-6,17H2,1H3. The lowest BCUT2D eigenvalue weighted by atomic mass is 10.00. The third kappa shape index (κ3) is 2.95. The molecule has 5 nitrogen and oxygen atoms in total. The van der Waals surface area contributed by atoms with Crippen molar-refractivity contribution in [1.82, 2.24) is 15.3 Å². The van der Waals surface area contributed by atoms with E-state index in [1.165, 1.54) is 0 Å². The van der Waals surface area contributed by atoms with Crippen LogP contribution in [0.15, 0.2) is 18.5 Å². The molecule has 1 fully saturated rings. The number of halogens is 1. The zero-order valence-electron chi connectivity index (χ0n) is 12.0. The lowest BCUT2D eigenvalue weighted by Gasteiger charge is -2.28. The average molecular weight is 307 g/mol. The van der Waals surface area contributed by atoms with Gasteiger partial charge in [-0.25, -0.2) is 9.97 Å². The van der Waals surface area contributed by atoms with Crippen molar-refractivity contribution >= 4 is 22.4 Å². The quantitative estimate of drug-likeness (QED) is 0.830. The van der Waals surface area contributed by atoms with E-state index in [4.69, 9.17) is 22.1 Å². The van der Waals surface area contributed by atoms with Crippen LogP contribution in [0.5, 0.6) is 5.88 Å². The summed E-state index contributed by atoms with van der Waals surface area (Å²) in [6.07, 6.45) is 5.62. The Kier molecular flexibility index (Phi) is 4.24. The summed E-state index contributed by atoms with van der Waals surface area (Å²) < 4.78 is 5.90. The summed E-state index contributed by atoms with van der Waals surface area (Å²) in [5, 5.41) is 5.48. The van der Waals surface area contributed by atoms with Gasteiger partial charge in [0.25, 0.3) is 0 Å². The van der Waals surface area contributed by atoms with Gasteiger partial charge in [0.1, 0.15) is 11.3 Å². The molecule has 0 aliphatic carbocycles. The summed E-state index contributed by atoms with van der Waals surface area (Å²) in [7, 11) is 0. The largest absolute Gasteiger partial charge is 0.471 e. The van der Waals surface area contributed by atoms with E-state index >= 15 is 0 Å². The van der Waals surface area contributed by atoms with E-state index in [9.17, 15) is 0 Å².